The van der Waals surface area contributed by atoms with Crippen LogP contribution in [0.2, 0.25) is 0 Å². The summed E-state index contributed by atoms with van der Waals surface area (Å²) in [7, 11) is -1.16. The Hall–Kier alpha value is -1.47. The first kappa shape index (κ1) is 21.8. The van der Waals surface area contributed by atoms with E-state index in [9.17, 15) is 8.42 Å². The molecule has 1 aliphatic heterocycles. The molecule has 7 heteroatoms. The Morgan fingerprint density at radius 1 is 1.19 bits per heavy atom. The van der Waals surface area contributed by atoms with Crippen molar-refractivity contribution in [3.63, 3.8) is 0 Å². The number of hydrogen-bond donors (Lipinski definition) is 0. The van der Waals surface area contributed by atoms with Gasteiger partial charge < -0.3 is 4.90 Å². The van der Waals surface area contributed by atoms with Gasteiger partial charge in [-0.15, -0.1) is 11.3 Å². The number of thiophene rings is 1. The van der Waals surface area contributed by atoms with E-state index in [1.807, 2.05) is 14.0 Å². The molecule has 0 amide bonds. The van der Waals surface area contributed by atoms with E-state index in [1.54, 1.807) is 6.07 Å². The molecule has 1 aromatic heterocycles. The van der Waals surface area contributed by atoms with Gasteiger partial charge in [0.2, 0.25) is 0 Å². The molecule has 0 spiro atoms. The van der Waals surface area contributed by atoms with E-state index in [-0.39, 0.29) is 0 Å². The molecule has 0 aliphatic carbocycles. The van der Waals surface area contributed by atoms with Gasteiger partial charge in [0.05, 0.1) is 6.54 Å². The number of sulfone groups is 1. The van der Waals surface area contributed by atoms with Crippen molar-refractivity contribution in [1.82, 2.24) is 4.90 Å². The monoisotopic (exact) mass is 409 g/mol. The summed E-state index contributed by atoms with van der Waals surface area (Å²) < 4.78 is 24.0. The van der Waals surface area contributed by atoms with Crippen LogP contribution in [0.4, 0.5) is 0 Å². The van der Waals surface area contributed by atoms with Crippen LogP contribution in [0.1, 0.15) is 50.5 Å². The zero-order valence-corrected chi connectivity index (χ0v) is 18.9. The van der Waals surface area contributed by atoms with Crippen molar-refractivity contribution in [3.05, 3.63) is 28.3 Å². The Bertz CT molecular complexity index is 860. The van der Waals surface area contributed by atoms with Crippen molar-refractivity contribution in [2.75, 3.05) is 19.8 Å². The molecule has 27 heavy (non-hydrogen) atoms. The average molecular weight is 410 g/mol. The summed E-state index contributed by atoms with van der Waals surface area (Å²) in [5.41, 5.74) is 3.26. The minimum Gasteiger partial charge on any atom is -0.334 e. The highest BCUT2D eigenvalue weighted by atomic mass is 32.2. The number of hydrogen-bond acceptors (Lipinski definition) is 5. The van der Waals surface area contributed by atoms with Crippen LogP contribution >= 0.6 is 11.3 Å². The second-order valence-electron chi connectivity index (χ2n) is 7.02. The van der Waals surface area contributed by atoms with Crippen molar-refractivity contribution in [2.24, 2.45) is 15.9 Å². The van der Waals surface area contributed by atoms with Crippen LogP contribution in [0.15, 0.2) is 32.0 Å². The van der Waals surface area contributed by atoms with Gasteiger partial charge in [-0.2, -0.15) is 0 Å². The number of rotatable bonds is 8. The second-order valence-corrected chi connectivity index (χ2v) is 10.4. The second kappa shape index (κ2) is 9.15. The standard InChI is InChI=1S/C20H31N3O2S2/c1-7-10-21-19-16(15(8-2)9-3)13-23(5)20(19)22-12-17-14(4)11-18(26-17)27(6,24)25/h11,13,15H,7-10,12H2,1-6H3. The van der Waals surface area contributed by atoms with Crippen LogP contribution in [0.3, 0.4) is 0 Å². The van der Waals surface area contributed by atoms with E-state index in [2.05, 4.69) is 31.9 Å². The van der Waals surface area contributed by atoms with Crippen LogP contribution in [0, 0.1) is 12.8 Å². The molecule has 2 rings (SSSR count). The molecule has 0 bridgehead atoms. The van der Waals surface area contributed by atoms with E-state index in [0.717, 1.165) is 47.8 Å². The Balaban J connectivity index is 2.34. The molecule has 5 nitrogen and oxygen atoms in total. The number of amidine groups is 1. The summed E-state index contributed by atoms with van der Waals surface area (Å²) >= 11 is 1.32. The van der Waals surface area contributed by atoms with Gasteiger partial charge in [-0.3, -0.25) is 9.98 Å². The van der Waals surface area contributed by atoms with E-state index < -0.39 is 9.84 Å². The van der Waals surface area contributed by atoms with Gasteiger partial charge in [0.25, 0.3) is 0 Å². The fourth-order valence-electron chi connectivity index (χ4n) is 3.20. The van der Waals surface area contributed by atoms with E-state index in [4.69, 9.17) is 9.98 Å². The molecule has 1 aromatic rings. The Morgan fingerprint density at radius 3 is 2.37 bits per heavy atom. The molecule has 0 fully saturated rings. The van der Waals surface area contributed by atoms with Gasteiger partial charge in [0.1, 0.15) is 9.92 Å². The zero-order valence-electron chi connectivity index (χ0n) is 17.2. The van der Waals surface area contributed by atoms with Crippen molar-refractivity contribution in [2.45, 2.75) is 57.7 Å². The lowest BCUT2D eigenvalue weighted by atomic mass is 9.92. The number of nitrogens with zero attached hydrogens (tertiary/aromatic N) is 3. The normalized spacial score (nSPS) is 18.2. The maximum absolute atomic E-state index is 11.8. The summed E-state index contributed by atoms with van der Waals surface area (Å²) in [4.78, 5) is 12.7. The number of aryl methyl sites for hydroxylation is 1. The molecule has 0 aromatic carbocycles. The van der Waals surface area contributed by atoms with E-state index in [0.29, 0.717) is 16.7 Å². The Labute approximate surface area is 167 Å². The lowest BCUT2D eigenvalue weighted by Crippen LogP contribution is -2.25. The topological polar surface area (TPSA) is 62.1 Å². The highest BCUT2D eigenvalue weighted by molar-refractivity contribution is 7.92. The first-order valence-electron chi connectivity index (χ1n) is 9.56. The molecule has 0 atom stereocenters. The van der Waals surface area contributed by atoms with Crippen LogP contribution in [-0.2, 0) is 16.4 Å². The quantitative estimate of drug-likeness (QED) is 0.636. The fourth-order valence-corrected chi connectivity index (χ4v) is 5.33. The first-order chi connectivity index (χ1) is 12.7. The van der Waals surface area contributed by atoms with Gasteiger partial charge in [-0.1, -0.05) is 20.8 Å². The Kier molecular flexibility index (Phi) is 7.40. The molecule has 0 saturated heterocycles. The third-order valence-electron chi connectivity index (χ3n) is 4.81. The van der Waals surface area contributed by atoms with Gasteiger partial charge in [-0.25, -0.2) is 8.42 Å². The third-order valence-corrected chi connectivity index (χ3v) is 7.83. The first-order valence-corrected chi connectivity index (χ1v) is 12.3. The van der Waals surface area contributed by atoms with Crippen molar-refractivity contribution in [3.8, 4) is 0 Å². The molecule has 1 aliphatic rings. The summed E-state index contributed by atoms with van der Waals surface area (Å²) in [5.74, 6) is 1.37. The maximum atomic E-state index is 11.8. The molecular weight excluding hydrogens is 378 g/mol. The van der Waals surface area contributed by atoms with E-state index in [1.165, 1.54) is 23.2 Å². The average Bonchev–Trinajstić information content (AvgIpc) is 3.12. The van der Waals surface area contributed by atoms with Crippen molar-refractivity contribution in [1.29, 1.82) is 0 Å². The van der Waals surface area contributed by atoms with Crippen LogP contribution in [-0.4, -0.2) is 44.7 Å². The van der Waals surface area contributed by atoms with Gasteiger partial charge in [-0.05, 0) is 43.7 Å². The smallest absolute Gasteiger partial charge is 0.184 e. The predicted molar refractivity (Wildman–Crippen MR) is 116 cm³/mol. The molecule has 150 valence electrons. The third kappa shape index (κ3) is 5.08. The van der Waals surface area contributed by atoms with Gasteiger partial charge in [0, 0.05) is 36.5 Å². The number of aliphatic imine (C=N–C) groups is 2. The van der Waals surface area contributed by atoms with Gasteiger partial charge >= 0.3 is 0 Å². The SMILES string of the molecule is CCCN=C1C(C(CC)CC)=CN(C)C1=NCc1sc(S(C)(=O)=O)cc1C. The predicted octanol–water partition coefficient (Wildman–Crippen LogP) is 4.48. The highest BCUT2D eigenvalue weighted by Gasteiger charge is 2.29. The molecule has 2 heterocycles. The molecule has 0 radical (unpaired) electrons. The Morgan fingerprint density at radius 2 is 1.85 bits per heavy atom. The largest absolute Gasteiger partial charge is 0.334 e. The van der Waals surface area contributed by atoms with E-state index >= 15 is 0 Å². The maximum Gasteiger partial charge on any atom is 0.184 e. The van der Waals surface area contributed by atoms with Crippen molar-refractivity contribution >= 4 is 32.7 Å². The lowest BCUT2D eigenvalue weighted by Gasteiger charge is -2.15. The fraction of sp³-hybridized carbons (Fsp3) is 0.600. The highest BCUT2D eigenvalue weighted by Crippen LogP contribution is 2.29. The molecule has 0 unspecified atom stereocenters. The zero-order chi connectivity index (χ0) is 20.2. The van der Waals surface area contributed by atoms with Crippen LogP contribution in [0.5, 0.6) is 0 Å². The molecule has 0 saturated carbocycles. The summed E-state index contributed by atoms with van der Waals surface area (Å²) in [6, 6.07) is 1.74. The van der Waals surface area contributed by atoms with Gasteiger partial charge in [0.15, 0.2) is 15.7 Å². The minimum absolute atomic E-state index is 0.408. The van der Waals surface area contributed by atoms with Crippen LogP contribution in [0.25, 0.3) is 0 Å². The molecule has 0 N–H and O–H groups in total. The summed E-state index contributed by atoms with van der Waals surface area (Å²) in [6.45, 7) is 9.75. The molecular formula is C20H31N3O2S2. The lowest BCUT2D eigenvalue weighted by molar-refractivity contribution is 0.581. The minimum atomic E-state index is -3.18. The van der Waals surface area contributed by atoms with Crippen LogP contribution < -0.4 is 0 Å². The summed E-state index contributed by atoms with van der Waals surface area (Å²) in [5, 5.41) is 0. The van der Waals surface area contributed by atoms with Crippen molar-refractivity contribution < 1.29 is 8.42 Å². The summed E-state index contributed by atoms with van der Waals surface area (Å²) in [6.07, 6.45) is 6.57.